The number of ether oxygens (including phenoxy) is 1. The minimum Gasteiger partial charge on any atom is -0.497 e. The van der Waals surface area contributed by atoms with E-state index < -0.39 is 21.5 Å². The number of anilines is 1. The van der Waals surface area contributed by atoms with E-state index in [9.17, 15) is 18.0 Å². The van der Waals surface area contributed by atoms with Gasteiger partial charge in [-0.3, -0.25) is 9.59 Å². The summed E-state index contributed by atoms with van der Waals surface area (Å²) in [7, 11) is -2.31. The number of pyridine rings is 1. The van der Waals surface area contributed by atoms with Crippen LogP contribution in [0.2, 0.25) is 0 Å². The van der Waals surface area contributed by atoms with Crippen molar-refractivity contribution in [3.63, 3.8) is 0 Å². The Morgan fingerprint density at radius 1 is 1.11 bits per heavy atom. The van der Waals surface area contributed by atoms with Gasteiger partial charge in [-0.2, -0.15) is 0 Å². The maximum absolute atomic E-state index is 12.6. The second-order valence-corrected chi connectivity index (χ2v) is 8.05. The summed E-state index contributed by atoms with van der Waals surface area (Å²) in [6.45, 7) is 1.73. The highest BCUT2D eigenvalue weighted by atomic mass is 32.2. The molecule has 8 heteroatoms. The number of rotatable bonds is 5. The van der Waals surface area contributed by atoms with E-state index in [-0.39, 0.29) is 10.5 Å². The highest BCUT2D eigenvalue weighted by Gasteiger charge is 2.20. The monoisotopic (exact) mass is 386 g/mol. The number of fused-ring (bicyclic) bond motifs is 1. The largest absolute Gasteiger partial charge is 0.497 e. The van der Waals surface area contributed by atoms with Crippen LogP contribution in [-0.2, 0) is 14.6 Å². The molecule has 0 saturated carbocycles. The van der Waals surface area contributed by atoms with Gasteiger partial charge in [-0.25, -0.2) is 8.42 Å². The molecule has 0 aliphatic carbocycles. The maximum Gasteiger partial charge on any atom is 0.248 e. The van der Waals surface area contributed by atoms with Gasteiger partial charge in [0.15, 0.2) is 9.84 Å². The number of aromatic nitrogens is 1. The lowest BCUT2D eigenvalue weighted by Gasteiger charge is -2.09. The predicted molar refractivity (Wildman–Crippen MR) is 103 cm³/mol. The Kier molecular flexibility index (Phi) is 5.00. The Hall–Kier alpha value is -3.13. The van der Waals surface area contributed by atoms with Crippen LogP contribution in [0.1, 0.15) is 5.56 Å². The molecule has 7 nitrogen and oxygen atoms in total. The summed E-state index contributed by atoms with van der Waals surface area (Å²) in [6, 6.07) is 12.4. The molecule has 140 valence electrons. The number of aromatic amines is 1. The van der Waals surface area contributed by atoms with Crippen LogP contribution in [0.4, 0.5) is 5.69 Å². The quantitative estimate of drug-likeness (QED) is 0.700. The van der Waals surface area contributed by atoms with Crippen LogP contribution >= 0.6 is 0 Å². The average Bonchev–Trinajstić information content (AvgIpc) is 2.61. The molecular weight excluding hydrogens is 368 g/mol. The van der Waals surface area contributed by atoms with Crippen LogP contribution in [0.3, 0.4) is 0 Å². The number of H-pyrrole nitrogens is 1. The van der Waals surface area contributed by atoms with Crippen LogP contribution in [0, 0.1) is 6.92 Å². The zero-order valence-electron chi connectivity index (χ0n) is 14.8. The molecule has 2 aromatic carbocycles. The third-order valence-electron chi connectivity index (χ3n) is 4.08. The zero-order chi connectivity index (χ0) is 19.6. The first kappa shape index (κ1) is 18.7. The molecule has 0 spiro atoms. The second kappa shape index (κ2) is 7.24. The standard InChI is InChI=1S/C19H18N2O5S/c1-12-9-18(22)21-17-8-7-15(10-16(12)17)27(24,25)11-19(23)20-13-3-5-14(26-2)6-4-13/h3-10H,11H2,1-2H3,(H,20,23)(H,21,22). The van der Waals surface area contributed by atoms with E-state index in [2.05, 4.69) is 10.3 Å². The number of methoxy groups -OCH3 is 1. The summed E-state index contributed by atoms with van der Waals surface area (Å²) in [5, 5.41) is 3.17. The van der Waals surface area contributed by atoms with Crippen LogP contribution in [0.5, 0.6) is 5.75 Å². The first-order valence-electron chi connectivity index (χ1n) is 8.09. The molecule has 3 aromatic rings. The predicted octanol–water partition coefficient (Wildman–Crippen LogP) is 2.26. The molecule has 0 unspecified atom stereocenters. The highest BCUT2D eigenvalue weighted by molar-refractivity contribution is 7.92. The van der Waals surface area contributed by atoms with E-state index in [0.717, 1.165) is 0 Å². The molecular formula is C19H18N2O5S. The van der Waals surface area contributed by atoms with Gasteiger partial charge >= 0.3 is 0 Å². The van der Waals surface area contributed by atoms with E-state index in [1.54, 1.807) is 31.2 Å². The van der Waals surface area contributed by atoms with Crippen molar-refractivity contribution in [1.82, 2.24) is 4.98 Å². The summed E-state index contributed by atoms with van der Waals surface area (Å²) in [4.78, 5) is 26.3. The third kappa shape index (κ3) is 4.17. The summed E-state index contributed by atoms with van der Waals surface area (Å²) in [5.41, 5.74) is 1.42. The Bertz CT molecular complexity index is 1160. The van der Waals surface area contributed by atoms with Crippen molar-refractivity contribution < 1.29 is 17.9 Å². The molecule has 27 heavy (non-hydrogen) atoms. The number of carbonyl (C=O) groups excluding carboxylic acids is 1. The van der Waals surface area contributed by atoms with Crippen molar-refractivity contribution in [1.29, 1.82) is 0 Å². The van der Waals surface area contributed by atoms with E-state index in [1.807, 2.05) is 0 Å². The van der Waals surface area contributed by atoms with E-state index >= 15 is 0 Å². The smallest absolute Gasteiger partial charge is 0.248 e. The van der Waals surface area contributed by atoms with Crippen molar-refractivity contribution >= 4 is 32.3 Å². The third-order valence-corrected chi connectivity index (χ3v) is 5.69. The molecule has 0 fully saturated rings. The SMILES string of the molecule is COc1ccc(NC(=O)CS(=O)(=O)c2ccc3[nH]c(=O)cc(C)c3c2)cc1. The minimum atomic E-state index is -3.84. The number of hydrogen-bond acceptors (Lipinski definition) is 5. The van der Waals surface area contributed by atoms with Crippen LogP contribution in [0.25, 0.3) is 10.9 Å². The first-order valence-corrected chi connectivity index (χ1v) is 9.74. The summed E-state index contributed by atoms with van der Waals surface area (Å²) in [5.74, 6) is -0.698. The number of sulfone groups is 1. The van der Waals surface area contributed by atoms with E-state index in [0.29, 0.717) is 27.9 Å². The molecule has 2 N–H and O–H groups in total. The lowest BCUT2D eigenvalue weighted by Crippen LogP contribution is -2.23. The normalized spacial score (nSPS) is 11.3. The molecule has 0 aliphatic rings. The number of nitrogens with one attached hydrogen (secondary N) is 2. The maximum atomic E-state index is 12.6. The Morgan fingerprint density at radius 2 is 1.81 bits per heavy atom. The van der Waals surface area contributed by atoms with Gasteiger partial charge in [0.25, 0.3) is 0 Å². The van der Waals surface area contributed by atoms with Crippen LogP contribution < -0.4 is 15.6 Å². The molecule has 0 radical (unpaired) electrons. The van der Waals surface area contributed by atoms with Gasteiger partial charge in [-0.15, -0.1) is 0 Å². The lowest BCUT2D eigenvalue weighted by molar-refractivity contribution is -0.113. The van der Waals surface area contributed by atoms with E-state index in [4.69, 9.17) is 4.74 Å². The fourth-order valence-electron chi connectivity index (χ4n) is 2.72. The van der Waals surface area contributed by atoms with Gasteiger partial charge in [-0.05, 0) is 55.0 Å². The molecule has 0 aliphatic heterocycles. The fourth-order valence-corrected chi connectivity index (χ4v) is 3.88. The van der Waals surface area contributed by atoms with Gasteiger partial charge in [-0.1, -0.05) is 0 Å². The number of aryl methyl sites for hydroxylation is 1. The fraction of sp³-hybridized carbons (Fsp3) is 0.158. The topological polar surface area (TPSA) is 105 Å². The molecule has 1 aromatic heterocycles. The summed E-state index contributed by atoms with van der Waals surface area (Å²) < 4.78 is 30.2. The Labute approximate surface area is 155 Å². The number of carbonyl (C=O) groups is 1. The minimum absolute atomic E-state index is 0.0232. The summed E-state index contributed by atoms with van der Waals surface area (Å²) >= 11 is 0. The number of hydrogen-bond donors (Lipinski definition) is 2. The second-order valence-electron chi connectivity index (χ2n) is 6.06. The molecule has 1 amide bonds. The van der Waals surface area contributed by atoms with Crippen molar-refractivity contribution in [2.75, 3.05) is 18.2 Å². The number of amides is 1. The Balaban J connectivity index is 1.82. The van der Waals surface area contributed by atoms with Gasteiger partial charge in [0.05, 0.1) is 12.0 Å². The molecule has 3 rings (SSSR count). The highest BCUT2D eigenvalue weighted by Crippen LogP contribution is 2.21. The molecule has 0 bridgehead atoms. The van der Waals surface area contributed by atoms with Gasteiger partial charge < -0.3 is 15.0 Å². The first-order chi connectivity index (χ1) is 12.8. The van der Waals surface area contributed by atoms with Gasteiger partial charge in [0.2, 0.25) is 11.5 Å². The van der Waals surface area contributed by atoms with Crippen LogP contribution in [-0.4, -0.2) is 32.2 Å². The van der Waals surface area contributed by atoms with Crippen molar-refractivity contribution in [3.05, 3.63) is 64.4 Å². The molecule has 1 heterocycles. The average molecular weight is 386 g/mol. The van der Waals surface area contributed by atoms with Crippen molar-refractivity contribution in [2.24, 2.45) is 0 Å². The van der Waals surface area contributed by atoms with Gasteiger partial charge in [0, 0.05) is 22.7 Å². The van der Waals surface area contributed by atoms with E-state index in [1.165, 1.54) is 31.4 Å². The molecule has 0 saturated heterocycles. The molecule has 0 atom stereocenters. The zero-order valence-corrected chi connectivity index (χ0v) is 15.6. The van der Waals surface area contributed by atoms with Crippen molar-refractivity contribution in [3.8, 4) is 5.75 Å². The number of benzene rings is 2. The summed E-state index contributed by atoms with van der Waals surface area (Å²) in [6.07, 6.45) is 0. The van der Waals surface area contributed by atoms with Crippen molar-refractivity contribution in [2.45, 2.75) is 11.8 Å². The lowest BCUT2D eigenvalue weighted by atomic mass is 10.1. The van der Waals surface area contributed by atoms with Crippen LogP contribution in [0.15, 0.2) is 58.2 Å². The van der Waals surface area contributed by atoms with Gasteiger partial charge in [0.1, 0.15) is 11.5 Å². The Morgan fingerprint density at radius 3 is 2.48 bits per heavy atom.